The van der Waals surface area contributed by atoms with E-state index in [9.17, 15) is 4.79 Å². The first kappa shape index (κ1) is 27.2. The van der Waals surface area contributed by atoms with Crippen LogP contribution in [0.5, 0.6) is 0 Å². The fourth-order valence-corrected chi connectivity index (χ4v) is 3.46. The van der Waals surface area contributed by atoms with Gasteiger partial charge in [0, 0.05) is 0 Å². The van der Waals surface area contributed by atoms with Crippen molar-refractivity contribution in [2.75, 3.05) is 20.7 Å². The molecule has 0 heterocycles. The molecule has 166 valence electrons. The van der Waals surface area contributed by atoms with E-state index < -0.39 is 5.54 Å². The molecule has 0 saturated heterocycles. The zero-order valence-electron chi connectivity index (χ0n) is 19.7. The Labute approximate surface area is 176 Å². The maximum absolute atomic E-state index is 11.8. The molecule has 0 aliphatic heterocycles. The van der Waals surface area contributed by atoms with E-state index in [0.29, 0.717) is 0 Å². The molecule has 0 aromatic heterocycles. The Morgan fingerprint density at radius 3 is 1.68 bits per heavy atom. The highest BCUT2D eigenvalue weighted by molar-refractivity contribution is 5.79. The van der Waals surface area contributed by atoms with E-state index >= 15 is 0 Å². The van der Waals surface area contributed by atoms with Gasteiger partial charge in [0.25, 0.3) is 0 Å². The molecule has 0 aromatic rings. The molecular weight excluding hydrogens is 346 g/mol. The summed E-state index contributed by atoms with van der Waals surface area (Å²) in [7, 11) is 3.47. The van der Waals surface area contributed by atoms with E-state index in [4.69, 9.17) is 4.74 Å². The van der Waals surface area contributed by atoms with Gasteiger partial charge in [-0.2, -0.15) is 0 Å². The van der Waals surface area contributed by atoms with Gasteiger partial charge in [0.2, 0.25) is 0 Å². The summed E-state index contributed by atoms with van der Waals surface area (Å²) >= 11 is 0. The number of esters is 1. The smallest absolute Gasteiger partial charge is 0.325 e. The van der Waals surface area contributed by atoms with Gasteiger partial charge in [-0.3, -0.25) is 9.69 Å². The number of rotatable bonds is 19. The minimum atomic E-state index is -0.530. The normalized spacial score (nSPS) is 12.2. The number of carbonyl (C=O) groups excluding carboxylic acids is 1. The Bertz CT molecular complexity index is 390. The predicted molar refractivity (Wildman–Crippen MR) is 123 cm³/mol. The van der Waals surface area contributed by atoms with Crippen LogP contribution in [0.15, 0.2) is 12.2 Å². The van der Waals surface area contributed by atoms with Gasteiger partial charge in [-0.1, -0.05) is 83.3 Å². The summed E-state index contributed by atoms with van der Waals surface area (Å²) in [5.41, 5.74) is -0.530. The SMILES string of the molecule is CCCCCCCC/C=C\CCCCCCCCCN(C)C(C)(C)C(=O)OC. The highest BCUT2D eigenvalue weighted by Gasteiger charge is 2.32. The van der Waals surface area contributed by atoms with Crippen LogP contribution in [0.1, 0.15) is 117 Å². The van der Waals surface area contributed by atoms with Crippen LogP contribution in [0, 0.1) is 0 Å². The minimum Gasteiger partial charge on any atom is -0.468 e. The van der Waals surface area contributed by atoms with Crippen molar-refractivity contribution >= 4 is 5.97 Å². The van der Waals surface area contributed by atoms with Gasteiger partial charge in [0.05, 0.1) is 7.11 Å². The lowest BCUT2D eigenvalue weighted by molar-refractivity contribution is -0.152. The first-order valence-corrected chi connectivity index (χ1v) is 11.9. The van der Waals surface area contributed by atoms with E-state index in [1.54, 1.807) is 0 Å². The average Bonchev–Trinajstić information content (AvgIpc) is 2.69. The number of unbranched alkanes of at least 4 members (excludes halogenated alkanes) is 13. The summed E-state index contributed by atoms with van der Waals surface area (Å²) in [5.74, 6) is -0.156. The number of hydrogen-bond donors (Lipinski definition) is 0. The summed E-state index contributed by atoms with van der Waals surface area (Å²) in [4.78, 5) is 13.9. The Balaban J connectivity index is 3.40. The summed E-state index contributed by atoms with van der Waals surface area (Å²) < 4.78 is 4.89. The van der Waals surface area contributed by atoms with Gasteiger partial charge in [-0.25, -0.2) is 0 Å². The van der Waals surface area contributed by atoms with Crippen molar-refractivity contribution in [1.29, 1.82) is 0 Å². The third-order valence-corrected chi connectivity index (χ3v) is 5.89. The molecule has 0 amide bonds. The number of nitrogens with zero attached hydrogens (tertiary/aromatic N) is 1. The fraction of sp³-hybridized carbons (Fsp3) is 0.880. The molecule has 0 rings (SSSR count). The maximum atomic E-state index is 11.8. The standard InChI is InChI=1S/C25H49NO2/c1-6-7-8-9-10-11-12-13-14-15-16-17-18-19-20-21-22-23-26(4)25(2,3)24(27)28-5/h13-14H,6-12,15-23H2,1-5H3/b14-13-. The van der Waals surface area contributed by atoms with Gasteiger partial charge in [-0.15, -0.1) is 0 Å². The van der Waals surface area contributed by atoms with Crippen LogP contribution in [0.3, 0.4) is 0 Å². The van der Waals surface area contributed by atoms with Crippen LogP contribution >= 0.6 is 0 Å². The molecule has 3 nitrogen and oxygen atoms in total. The molecule has 0 aromatic carbocycles. The highest BCUT2D eigenvalue weighted by Crippen LogP contribution is 2.16. The molecule has 28 heavy (non-hydrogen) atoms. The molecule has 0 saturated carbocycles. The Morgan fingerprint density at radius 2 is 1.21 bits per heavy atom. The second-order valence-electron chi connectivity index (χ2n) is 8.76. The molecule has 0 radical (unpaired) electrons. The first-order chi connectivity index (χ1) is 13.5. The second-order valence-corrected chi connectivity index (χ2v) is 8.76. The summed E-state index contributed by atoms with van der Waals surface area (Å²) in [6.45, 7) is 7.09. The van der Waals surface area contributed by atoms with E-state index in [1.165, 1.54) is 97.0 Å². The average molecular weight is 396 g/mol. The number of hydrogen-bond acceptors (Lipinski definition) is 3. The molecular formula is C25H49NO2. The summed E-state index contributed by atoms with van der Waals surface area (Å²) in [6, 6.07) is 0. The Hall–Kier alpha value is -0.830. The van der Waals surface area contributed by atoms with Gasteiger partial charge >= 0.3 is 5.97 Å². The molecule has 0 unspecified atom stereocenters. The minimum absolute atomic E-state index is 0.156. The van der Waals surface area contributed by atoms with Crippen molar-refractivity contribution in [3.63, 3.8) is 0 Å². The van der Waals surface area contributed by atoms with Crippen molar-refractivity contribution in [2.24, 2.45) is 0 Å². The zero-order valence-corrected chi connectivity index (χ0v) is 19.7. The third-order valence-electron chi connectivity index (χ3n) is 5.89. The van der Waals surface area contributed by atoms with Crippen LogP contribution in [-0.4, -0.2) is 37.1 Å². The highest BCUT2D eigenvalue weighted by atomic mass is 16.5. The lowest BCUT2D eigenvalue weighted by atomic mass is 10.0. The van der Waals surface area contributed by atoms with Gasteiger partial charge in [0.1, 0.15) is 5.54 Å². The lowest BCUT2D eigenvalue weighted by Gasteiger charge is -2.32. The van der Waals surface area contributed by atoms with Crippen LogP contribution < -0.4 is 0 Å². The maximum Gasteiger partial charge on any atom is 0.325 e. The van der Waals surface area contributed by atoms with E-state index in [0.717, 1.165) is 13.0 Å². The number of carbonyl (C=O) groups is 1. The molecule has 0 bridgehead atoms. The molecule has 0 fully saturated rings. The summed E-state index contributed by atoms with van der Waals surface area (Å²) in [6.07, 6.45) is 24.8. The molecule has 3 heteroatoms. The third kappa shape index (κ3) is 14.2. The van der Waals surface area contributed by atoms with Crippen molar-refractivity contribution < 1.29 is 9.53 Å². The van der Waals surface area contributed by atoms with Crippen LogP contribution in [0.4, 0.5) is 0 Å². The monoisotopic (exact) mass is 395 g/mol. The van der Waals surface area contributed by atoms with Gasteiger partial charge in [-0.05, 0) is 59.5 Å². The quantitative estimate of drug-likeness (QED) is 0.130. The molecule has 0 spiro atoms. The lowest BCUT2D eigenvalue weighted by Crippen LogP contribution is -2.48. The topological polar surface area (TPSA) is 29.5 Å². The van der Waals surface area contributed by atoms with Crippen molar-refractivity contribution in [1.82, 2.24) is 4.90 Å². The van der Waals surface area contributed by atoms with Gasteiger partial charge in [0.15, 0.2) is 0 Å². The zero-order chi connectivity index (χ0) is 21.1. The largest absolute Gasteiger partial charge is 0.468 e. The van der Waals surface area contributed by atoms with E-state index in [1.807, 2.05) is 20.9 Å². The van der Waals surface area contributed by atoms with Crippen molar-refractivity contribution in [3.8, 4) is 0 Å². The van der Waals surface area contributed by atoms with Crippen molar-refractivity contribution in [2.45, 2.75) is 123 Å². The molecule has 0 aliphatic rings. The van der Waals surface area contributed by atoms with E-state index in [2.05, 4.69) is 24.0 Å². The van der Waals surface area contributed by atoms with Crippen molar-refractivity contribution in [3.05, 3.63) is 12.2 Å². The number of likely N-dealkylation sites (N-methyl/N-ethyl adjacent to an activating group) is 1. The summed E-state index contributed by atoms with van der Waals surface area (Å²) in [5, 5.41) is 0. The van der Waals surface area contributed by atoms with Gasteiger partial charge < -0.3 is 4.74 Å². The number of ether oxygens (including phenoxy) is 1. The Morgan fingerprint density at radius 1 is 0.786 bits per heavy atom. The van der Waals surface area contributed by atoms with Crippen LogP contribution in [-0.2, 0) is 9.53 Å². The second kappa shape index (κ2) is 18.2. The first-order valence-electron chi connectivity index (χ1n) is 11.9. The molecule has 0 atom stereocenters. The van der Waals surface area contributed by atoms with Crippen LogP contribution in [0.2, 0.25) is 0 Å². The predicted octanol–water partition coefficient (Wildman–Crippen LogP) is 7.30. The molecule has 0 N–H and O–H groups in total. The number of methoxy groups -OCH3 is 1. The molecule has 0 aliphatic carbocycles. The fourth-order valence-electron chi connectivity index (χ4n) is 3.46. The van der Waals surface area contributed by atoms with Crippen LogP contribution in [0.25, 0.3) is 0 Å². The number of allylic oxidation sites excluding steroid dienone is 2. The van der Waals surface area contributed by atoms with E-state index in [-0.39, 0.29) is 5.97 Å². The Kier molecular flexibility index (Phi) is 17.7.